The Morgan fingerprint density at radius 2 is 2.08 bits per heavy atom. The Kier molecular flexibility index (Phi) is 5.67. The second-order valence-corrected chi connectivity index (χ2v) is 2.88. The fourth-order valence-corrected chi connectivity index (χ4v) is 0.697. The van der Waals surface area contributed by atoms with Gasteiger partial charge >= 0.3 is 6.03 Å². The van der Waals surface area contributed by atoms with E-state index in [4.69, 9.17) is 5.73 Å². The summed E-state index contributed by atoms with van der Waals surface area (Å²) in [5.41, 5.74) is 4.96. The van der Waals surface area contributed by atoms with Crippen LogP contribution in [0.5, 0.6) is 0 Å². The van der Waals surface area contributed by atoms with Crippen LogP contribution in [0, 0.1) is 0 Å². The SMILES string of the molecule is CCCCNC(=O)NC(C)C(N)=O. The van der Waals surface area contributed by atoms with Gasteiger partial charge in [-0.2, -0.15) is 0 Å². The highest BCUT2D eigenvalue weighted by atomic mass is 16.2. The maximum absolute atomic E-state index is 11.0. The van der Waals surface area contributed by atoms with E-state index in [1.165, 1.54) is 0 Å². The van der Waals surface area contributed by atoms with Crippen molar-refractivity contribution in [3.8, 4) is 0 Å². The highest BCUT2D eigenvalue weighted by Crippen LogP contribution is 1.83. The van der Waals surface area contributed by atoms with Gasteiger partial charge in [0.25, 0.3) is 0 Å². The smallest absolute Gasteiger partial charge is 0.315 e. The molecule has 0 radical (unpaired) electrons. The van der Waals surface area contributed by atoms with Gasteiger partial charge in [0.1, 0.15) is 6.04 Å². The molecule has 5 nitrogen and oxygen atoms in total. The second-order valence-electron chi connectivity index (χ2n) is 2.88. The molecule has 13 heavy (non-hydrogen) atoms. The Hall–Kier alpha value is -1.26. The molecule has 3 amide bonds. The summed E-state index contributed by atoms with van der Waals surface area (Å²) in [6.45, 7) is 4.20. The Bertz CT molecular complexity index is 182. The van der Waals surface area contributed by atoms with E-state index >= 15 is 0 Å². The Labute approximate surface area is 78.1 Å². The van der Waals surface area contributed by atoms with Gasteiger partial charge in [0.2, 0.25) is 5.91 Å². The largest absolute Gasteiger partial charge is 0.368 e. The van der Waals surface area contributed by atoms with Crippen LogP contribution in [-0.4, -0.2) is 24.5 Å². The maximum Gasteiger partial charge on any atom is 0.315 e. The van der Waals surface area contributed by atoms with E-state index in [-0.39, 0.29) is 6.03 Å². The molecule has 0 aromatic rings. The molecular formula is C8H17N3O2. The zero-order chi connectivity index (χ0) is 10.3. The minimum atomic E-state index is -0.623. The quantitative estimate of drug-likeness (QED) is 0.527. The number of nitrogens with two attached hydrogens (primary N) is 1. The van der Waals surface area contributed by atoms with Gasteiger partial charge in [-0.15, -0.1) is 0 Å². The minimum Gasteiger partial charge on any atom is -0.368 e. The summed E-state index contributed by atoms with van der Waals surface area (Å²) in [7, 11) is 0. The summed E-state index contributed by atoms with van der Waals surface area (Å²) >= 11 is 0. The lowest BCUT2D eigenvalue weighted by Gasteiger charge is -2.10. The van der Waals surface area contributed by atoms with Crippen molar-refractivity contribution >= 4 is 11.9 Å². The average molecular weight is 187 g/mol. The van der Waals surface area contributed by atoms with Crippen LogP contribution in [0.25, 0.3) is 0 Å². The molecule has 0 saturated carbocycles. The highest BCUT2D eigenvalue weighted by molar-refractivity contribution is 5.85. The summed E-state index contributed by atoms with van der Waals surface area (Å²) in [6.07, 6.45) is 1.95. The zero-order valence-electron chi connectivity index (χ0n) is 8.09. The predicted molar refractivity (Wildman–Crippen MR) is 50.1 cm³/mol. The third kappa shape index (κ3) is 5.95. The third-order valence-corrected chi connectivity index (χ3v) is 1.59. The predicted octanol–water partition coefficient (Wildman–Crippen LogP) is -0.0405. The van der Waals surface area contributed by atoms with Crippen LogP contribution in [-0.2, 0) is 4.79 Å². The van der Waals surface area contributed by atoms with Crippen molar-refractivity contribution in [2.75, 3.05) is 6.54 Å². The number of rotatable bonds is 5. The molecule has 0 aromatic carbocycles. The van der Waals surface area contributed by atoms with E-state index in [2.05, 4.69) is 10.6 Å². The number of hydrogen-bond donors (Lipinski definition) is 3. The molecule has 0 aliphatic carbocycles. The molecule has 4 N–H and O–H groups in total. The number of urea groups is 1. The van der Waals surface area contributed by atoms with Crippen LogP contribution in [0.15, 0.2) is 0 Å². The molecule has 0 saturated heterocycles. The Morgan fingerprint density at radius 1 is 1.46 bits per heavy atom. The molecule has 0 rings (SSSR count). The third-order valence-electron chi connectivity index (χ3n) is 1.59. The number of hydrogen-bond acceptors (Lipinski definition) is 2. The standard InChI is InChI=1S/C8H17N3O2/c1-3-4-5-10-8(13)11-6(2)7(9)12/h6H,3-5H2,1-2H3,(H2,9,12)(H2,10,11,13). The lowest BCUT2D eigenvalue weighted by atomic mass is 10.3. The van der Waals surface area contributed by atoms with Crippen molar-refractivity contribution in [1.82, 2.24) is 10.6 Å². The monoisotopic (exact) mass is 187 g/mol. The van der Waals surface area contributed by atoms with Crippen molar-refractivity contribution < 1.29 is 9.59 Å². The second kappa shape index (κ2) is 6.28. The molecule has 0 fully saturated rings. The van der Waals surface area contributed by atoms with Crippen LogP contribution in [0.4, 0.5) is 4.79 Å². The fraction of sp³-hybridized carbons (Fsp3) is 0.750. The first-order valence-electron chi connectivity index (χ1n) is 4.41. The van der Waals surface area contributed by atoms with E-state index in [9.17, 15) is 9.59 Å². The molecule has 76 valence electrons. The molecule has 0 bridgehead atoms. The lowest BCUT2D eigenvalue weighted by Crippen LogP contribution is -2.46. The lowest BCUT2D eigenvalue weighted by molar-refractivity contribution is -0.119. The Morgan fingerprint density at radius 3 is 2.54 bits per heavy atom. The fourth-order valence-electron chi connectivity index (χ4n) is 0.697. The summed E-state index contributed by atoms with van der Waals surface area (Å²) in [5.74, 6) is -0.536. The summed E-state index contributed by atoms with van der Waals surface area (Å²) in [5, 5.41) is 5.03. The first-order chi connectivity index (χ1) is 6.07. The summed E-state index contributed by atoms with van der Waals surface area (Å²) in [4.78, 5) is 21.5. The van der Waals surface area contributed by atoms with Crippen molar-refractivity contribution in [2.24, 2.45) is 5.73 Å². The van der Waals surface area contributed by atoms with Gasteiger partial charge in [0.05, 0.1) is 0 Å². The van der Waals surface area contributed by atoms with Gasteiger partial charge in [-0.3, -0.25) is 4.79 Å². The summed E-state index contributed by atoms with van der Waals surface area (Å²) < 4.78 is 0. The number of nitrogens with one attached hydrogen (secondary N) is 2. The molecule has 0 spiro atoms. The zero-order valence-corrected chi connectivity index (χ0v) is 8.09. The van der Waals surface area contributed by atoms with E-state index in [0.717, 1.165) is 12.8 Å². The first kappa shape index (κ1) is 11.7. The van der Waals surface area contributed by atoms with Gasteiger partial charge in [-0.25, -0.2) is 4.79 Å². The average Bonchev–Trinajstić information content (AvgIpc) is 2.04. The van der Waals surface area contributed by atoms with Crippen molar-refractivity contribution in [2.45, 2.75) is 32.7 Å². The molecule has 0 aromatic heterocycles. The van der Waals surface area contributed by atoms with Crippen molar-refractivity contribution in [3.05, 3.63) is 0 Å². The maximum atomic E-state index is 11.0. The van der Waals surface area contributed by atoms with Crippen molar-refractivity contribution in [3.63, 3.8) is 0 Å². The number of amides is 3. The van der Waals surface area contributed by atoms with Gasteiger partial charge in [-0.1, -0.05) is 13.3 Å². The van der Waals surface area contributed by atoms with Crippen LogP contribution >= 0.6 is 0 Å². The molecular weight excluding hydrogens is 170 g/mol. The van der Waals surface area contributed by atoms with Gasteiger partial charge in [-0.05, 0) is 13.3 Å². The van der Waals surface area contributed by atoms with Crippen LogP contribution in [0.2, 0.25) is 0 Å². The normalized spacial score (nSPS) is 11.8. The Balaban J connectivity index is 3.56. The van der Waals surface area contributed by atoms with E-state index in [1.807, 2.05) is 6.92 Å². The number of primary amides is 1. The van der Waals surface area contributed by atoms with Crippen LogP contribution in [0.1, 0.15) is 26.7 Å². The highest BCUT2D eigenvalue weighted by Gasteiger charge is 2.10. The molecule has 0 aliphatic rings. The first-order valence-corrected chi connectivity index (χ1v) is 4.41. The molecule has 5 heteroatoms. The van der Waals surface area contributed by atoms with Gasteiger partial charge < -0.3 is 16.4 Å². The summed E-state index contributed by atoms with van der Waals surface area (Å²) in [6, 6.07) is -0.971. The van der Waals surface area contributed by atoms with Crippen LogP contribution in [0.3, 0.4) is 0 Å². The van der Waals surface area contributed by atoms with Gasteiger partial charge in [0, 0.05) is 6.54 Å². The number of carbonyl (C=O) groups is 2. The topological polar surface area (TPSA) is 84.2 Å². The van der Waals surface area contributed by atoms with Gasteiger partial charge in [0.15, 0.2) is 0 Å². The van der Waals surface area contributed by atoms with Crippen molar-refractivity contribution in [1.29, 1.82) is 0 Å². The van der Waals surface area contributed by atoms with E-state index in [1.54, 1.807) is 6.92 Å². The molecule has 1 unspecified atom stereocenters. The molecule has 0 aliphatic heterocycles. The van der Waals surface area contributed by atoms with E-state index in [0.29, 0.717) is 6.54 Å². The van der Waals surface area contributed by atoms with Crippen LogP contribution < -0.4 is 16.4 Å². The molecule has 0 heterocycles. The van der Waals surface area contributed by atoms with E-state index < -0.39 is 11.9 Å². The number of unbranched alkanes of at least 4 members (excludes halogenated alkanes) is 1. The number of carbonyl (C=O) groups excluding carboxylic acids is 2. The molecule has 1 atom stereocenters. The minimum absolute atomic E-state index is 0.347.